The van der Waals surface area contributed by atoms with Gasteiger partial charge in [-0.1, -0.05) is 0 Å². The van der Waals surface area contributed by atoms with Gasteiger partial charge in [-0.25, -0.2) is 4.79 Å². The van der Waals surface area contributed by atoms with Crippen LogP contribution in [0.25, 0.3) is 0 Å². The van der Waals surface area contributed by atoms with E-state index in [1.165, 1.54) is 0 Å². The zero-order valence-corrected chi connectivity index (χ0v) is 9.95. The molecular formula is C11H20N4O2. The Labute approximate surface area is 101 Å². The monoisotopic (exact) mass is 240 g/mol. The Morgan fingerprint density at radius 1 is 1.29 bits per heavy atom. The van der Waals surface area contributed by atoms with Crippen molar-refractivity contribution in [3.63, 3.8) is 0 Å². The summed E-state index contributed by atoms with van der Waals surface area (Å²) >= 11 is 0. The van der Waals surface area contributed by atoms with Crippen molar-refractivity contribution in [2.45, 2.75) is 25.3 Å². The summed E-state index contributed by atoms with van der Waals surface area (Å²) in [7, 11) is 0. The minimum absolute atomic E-state index is 0.235. The number of likely N-dealkylation sites (tertiary alicyclic amines) is 1. The Balaban J connectivity index is 1.64. The number of nitrogens with zero attached hydrogens (tertiary/aromatic N) is 1. The average Bonchev–Trinajstić information content (AvgIpc) is 2.95. The molecule has 4 N–H and O–H groups in total. The van der Waals surface area contributed by atoms with Gasteiger partial charge in [0.05, 0.1) is 6.54 Å². The minimum atomic E-state index is -0.368. The molecule has 0 aromatic rings. The van der Waals surface area contributed by atoms with Gasteiger partial charge in [0.1, 0.15) is 0 Å². The lowest BCUT2D eigenvalue weighted by Gasteiger charge is -2.14. The van der Waals surface area contributed by atoms with Crippen LogP contribution in [0, 0.1) is 5.92 Å². The summed E-state index contributed by atoms with van der Waals surface area (Å²) in [5, 5.41) is 5.07. The molecular weight excluding hydrogens is 220 g/mol. The van der Waals surface area contributed by atoms with Gasteiger partial charge in [0, 0.05) is 12.6 Å². The fraction of sp³-hybridized carbons (Fsp3) is 0.818. The van der Waals surface area contributed by atoms with Crippen molar-refractivity contribution in [2.75, 3.05) is 26.2 Å². The molecule has 1 aliphatic carbocycles. The highest BCUT2D eigenvalue weighted by atomic mass is 16.2. The number of hydrogen-bond acceptors (Lipinski definition) is 4. The number of rotatable bonds is 4. The third-order valence-corrected chi connectivity index (χ3v) is 3.24. The minimum Gasteiger partial charge on any atom is -0.335 e. The average molecular weight is 240 g/mol. The summed E-state index contributed by atoms with van der Waals surface area (Å²) in [5.41, 5.74) is 5.58. The SMILES string of the molecule is NCC1CCN(CC(=O)NC(=O)NC2CC2)C1. The van der Waals surface area contributed by atoms with Crippen molar-refractivity contribution >= 4 is 11.9 Å². The van der Waals surface area contributed by atoms with E-state index in [2.05, 4.69) is 10.6 Å². The number of urea groups is 1. The molecule has 6 heteroatoms. The molecule has 1 heterocycles. The van der Waals surface area contributed by atoms with E-state index in [0.29, 0.717) is 12.5 Å². The summed E-state index contributed by atoms with van der Waals surface area (Å²) in [6.07, 6.45) is 3.08. The van der Waals surface area contributed by atoms with Crippen LogP contribution in [0.3, 0.4) is 0 Å². The standard InChI is InChI=1S/C11H20N4O2/c12-5-8-3-4-15(6-8)7-10(16)14-11(17)13-9-1-2-9/h8-9H,1-7,12H2,(H2,13,14,16,17). The first kappa shape index (κ1) is 12.3. The van der Waals surface area contributed by atoms with Crippen LogP contribution in [0.15, 0.2) is 0 Å². The molecule has 96 valence electrons. The predicted octanol–water partition coefficient (Wildman–Crippen LogP) is -0.745. The van der Waals surface area contributed by atoms with E-state index in [1.54, 1.807) is 0 Å². The van der Waals surface area contributed by atoms with Crippen molar-refractivity contribution in [3.05, 3.63) is 0 Å². The molecule has 6 nitrogen and oxygen atoms in total. The maximum atomic E-state index is 11.6. The highest BCUT2D eigenvalue weighted by Crippen LogP contribution is 2.18. The first-order valence-electron chi connectivity index (χ1n) is 6.20. The maximum Gasteiger partial charge on any atom is 0.321 e. The largest absolute Gasteiger partial charge is 0.335 e. The quantitative estimate of drug-likeness (QED) is 0.603. The summed E-state index contributed by atoms with van der Waals surface area (Å²) < 4.78 is 0. The highest BCUT2D eigenvalue weighted by molar-refractivity contribution is 5.95. The van der Waals surface area contributed by atoms with E-state index < -0.39 is 0 Å². The lowest BCUT2D eigenvalue weighted by molar-refractivity contribution is -0.120. The van der Waals surface area contributed by atoms with E-state index >= 15 is 0 Å². The van der Waals surface area contributed by atoms with Crippen LogP contribution >= 0.6 is 0 Å². The number of nitrogens with one attached hydrogen (secondary N) is 2. The number of hydrogen-bond donors (Lipinski definition) is 3. The maximum absolute atomic E-state index is 11.6. The molecule has 2 rings (SSSR count). The Morgan fingerprint density at radius 3 is 2.65 bits per heavy atom. The molecule has 1 saturated carbocycles. The van der Waals surface area contributed by atoms with E-state index in [9.17, 15) is 9.59 Å². The highest BCUT2D eigenvalue weighted by Gasteiger charge is 2.26. The molecule has 1 unspecified atom stereocenters. The molecule has 2 aliphatic rings. The zero-order valence-electron chi connectivity index (χ0n) is 9.95. The number of carbonyl (C=O) groups excluding carboxylic acids is 2. The van der Waals surface area contributed by atoms with Gasteiger partial charge in [-0.3, -0.25) is 15.0 Å². The van der Waals surface area contributed by atoms with E-state index in [1.807, 2.05) is 4.90 Å². The number of imide groups is 1. The van der Waals surface area contributed by atoms with Gasteiger partial charge in [-0.05, 0) is 38.3 Å². The Hall–Kier alpha value is -1.14. The molecule has 0 radical (unpaired) electrons. The molecule has 1 saturated heterocycles. The molecule has 1 aliphatic heterocycles. The summed E-state index contributed by atoms with van der Waals surface area (Å²) in [6.45, 7) is 2.70. The smallest absolute Gasteiger partial charge is 0.321 e. The van der Waals surface area contributed by atoms with Gasteiger partial charge in [-0.2, -0.15) is 0 Å². The lowest BCUT2D eigenvalue weighted by Crippen LogP contribution is -2.44. The van der Waals surface area contributed by atoms with Crippen LogP contribution < -0.4 is 16.4 Å². The second kappa shape index (κ2) is 5.46. The summed E-state index contributed by atoms with van der Waals surface area (Å²) in [6, 6.07) is -0.0942. The second-order valence-electron chi connectivity index (χ2n) is 4.92. The summed E-state index contributed by atoms with van der Waals surface area (Å²) in [5.74, 6) is 0.254. The third-order valence-electron chi connectivity index (χ3n) is 3.24. The zero-order chi connectivity index (χ0) is 12.3. The van der Waals surface area contributed by atoms with Crippen LogP contribution in [0.5, 0.6) is 0 Å². The fourth-order valence-corrected chi connectivity index (χ4v) is 2.07. The van der Waals surface area contributed by atoms with Gasteiger partial charge < -0.3 is 11.1 Å². The van der Waals surface area contributed by atoms with Crippen molar-refractivity contribution in [1.29, 1.82) is 0 Å². The number of amides is 3. The molecule has 0 bridgehead atoms. The molecule has 2 fully saturated rings. The van der Waals surface area contributed by atoms with Gasteiger partial charge >= 0.3 is 6.03 Å². The normalized spacial score (nSPS) is 24.6. The molecule has 0 aromatic heterocycles. The van der Waals surface area contributed by atoms with Gasteiger partial charge in [0.25, 0.3) is 0 Å². The van der Waals surface area contributed by atoms with E-state index in [4.69, 9.17) is 5.73 Å². The van der Waals surface area contributed by atoms with Crippen molar-refractivity contribution in [2.24, 2.45) is 11.7 Å². The lowest BCUT2D eigenvalue weighted by atomic mass is 10.1. The predicted molar refractivity (Wildman–Crippen MR) is 63.3 cm³/mol. The van der Waals surface area contributed by atoms with Gasteiger partial charge in [-0.15, -0.1) is 0 Å². The van der Waals surface area contributed by atoms with Gasteiger partial charge in [0.2, 0.25) is 5.91 Å². The van der Waals surface area contributed by atoms with E-state index in [-0.39, 0.29) is 24.5 Å². The topological polar surface area (TPSA) is 87.5 Å². The van der Waals surface area contributed by atoms with Crippen molar-refractivity contribution in [1.82, 2.24) is 15.5 Å². The van der Waals surface area contributed by atoms with Crippen LogP contribution in [-0.2, 0) is 4.79 Å². The molecule has 17 heavy (non-hydrogen) atoms. The molecule has 3 amide bonds. The van der Waals surface area contributed by atoms with E-state index in [0.717, 1.165) is 32.4 Å². The first-order chi connectivity index (χ1) is 8.17. The Kier molecular flexibility index (Phi) is 3.96. The van der Waals surface area contributed by atoms with Crippen LogP contribution in [-0.4, -0.2) is 49.1 Å². The molecule has 0 aromatic carbocycles. The van der Waals surface area contributed by atoms with Crippen molar-refractivity contribution in [3.8, 4) is 0 Å². The Bertz CT molecular complexity index is 304. The fourth-order valence-electron chi connectivity index (χ4n) is 2.07. The molecule has 1 atom stereocenters. The Morgan fingerprint density at radius 2 is 2.06 bits per heavy atom. The number of carbonyl (C=O) groups is 2. The van der Waals surface area contributed by atoms with Gasteiger partial charge in [0.15, 0.2) is 0 Å². The van der Waals surface area contributed by atoms with Crippen LogP contribution in [0.2, 0.25) is 0 Å². The first-order valence-corrected chi connectivity index (χ1v) is 6.20. The second-order valence-corrected chi connectivity index (χ2v) is 4.92. The third kappa shape index (κ3) is 3.98. The molecule has 0 spiro atoms. The number of nitrogens with two attached hydrogens (primary N) is 1. The summed E-state index contributed by atoms with van der Waals surface area (Å²) in [4.78, 5) is 24.9. The van der Waals surface area contributed by atoms with Crippen LogP contribution in [0.4, 0.5) is 4.79 Å². The van der Waals surface area contributed by atoms with Crippen molar-refractivity contribution < 1.29 is 9.59 Å². The van der Waals surface area contributed by atoms with Crippen LogP contribution in [0.1, 0.15) is 19.3 Å².